The number of morpholine rings is 1. The van der Waals surface area contributed by atoms with Crippen molar-refractivity contribution in [2.75, 3.05) is 72.9 Å². The zero-order valence-electron chi connectivity index (χ0n) is 32.6. The van der Waals surface area contributed by atoms with E-state index in [1.807, 2.05) is 24.3 Å². The fourth-order valence-electron chi connectivity index (χ4n) is 9.10. The number of aromatic nitrogens is 2. The Morgan fingerprint density at radius 2 is 1.60 bits per heavy atom. The Hall–Kier alpha value is -4.96. The third kappa shape index (κ3) is 9.33. The number of hydrogen-bond acceptors (Lipinski definition) is 11. The van der Waals surface area contributed by atoms with Crippen molar-refractivity contribution in [1.82, 2.24) is 25.5 Å². The quantitative estimate of drug-likeness (QED) is 0.213. The molecule has 1 aliphatic carbocycles. The maximum atomic E-state index is 15.7. The fraction of sp³-hybridized carbons (Fsp3) is 0.548. The molecule has 3 atom stereocenters. The minimum Gasteiger partial charge on any atom is -0.378 e. The molecule has 5 heterocycles. The summed E-state index contributed by atoms with van der Waals surface area (Å²) in [6.07, 6.45) is 5.68. The number of benzene rings is 2. The van der Waals surface area contributed by atoms with E-state index in [9.17, 15) is 18.8 Å². The van der Waals surface area contributed by atoms with E-state index in [4.69, 9.17) is 4.74 Å². The molecule has 3 amide bonds. The van der Waals surface area contributed by atoms with Gasteiger partial charge in [0.1, 0.15) is 23.7 Å². The minimum atomic E-state index is -1.18. The topological polar surface area (TPSA) is 144 Å². The lowest BCUT2D eigenvalue weighted by molar-refractivity contribution is -0.133. The lowest BCUT2D eigenvalue weighted by Crippen LogP contribution is -2.55. The molecule has 5 fully saturated rings. The average Bonchev–Trinajstić information content (AvgIpc) is 3.24. The van der Waals surface area contributed by atoms with Gasteiger partial charge in [-0.3, -0.25) is 24.6 Å². The van der Waals surface area contributed by atoms with E-state index in [2.05, 4.69) is 41.0 Å². The number of rotatable bonds is 10. The molecule has 3 aromatic rings. The monoisotopic (exact) mass is 803 g/mol. The summed E-state index contributed by atoms with van der Waals surface area (Å²) in [6.45, 7) is 4.72. The molecule has 1 saturated carbocycles. The summed E-state index contributed by atoms with van der Waals surface area (Å²) in [4.78, 5) is 51.8. The highest BCUT2D eigenvalue weighted by Crippen LogP contribution is 2.32. The first-order valence-electron chi connectivity index (χ1n) is 20.7. The summed E-state index contributed by atoms with van der Waals surface area (Å²) >= 11 is 0. The standard InChI is InChI=1S/C42H52F3N9O4/c43-32-23-30(47-35-9-11-38(55)50-41(35)57)8-10-36(32)54-17-14-37(34(45)25-54)53-15-12-26(13-16-53)40(56)48-28-4-6-29(7-5-28)49-42-46-24-33(44)39(51-42)27-2-1-3-31(22-27)52-18-20-58-21-19-52/h1-3,8,10,22-24,26,28-29,34-35,37,47H,4-7,9,11-21,25H2,(H,48,56)(H,46,49,51)(H,50,55,57). The maximum absolute atomic E-state index is 15.7. The SMILES string of the molecule is O=C1CCC(Nc2ccc(N3CCC(N4CCC(C(=O)NC5CCC(Nc6ncc(F)c(-c7cccc(N8CCOCC8)c7)n6)CC5)CC4)C(F)C3)c(F)c2)C(=O)N1. The highest BCUT2D eigenvalue weighted by molar-refractivity contribution is 6.01. The molecule has 3 unspecified atom stereocenters. The first kappa shape index (κ1) is 39.8. The highest BCUT2D eigenvalue weighted by Gasteiger charge is 2.38. The predicted molar refractivity (Wildman–Crippen MR) is 214 cm³/mol. The van der Waals surface area contributed by atoms with Gasteiger partial charge in [-0.2, -0.15) is 0 Å². The number of likely N-dealkylation sites (tertiary alicyclic amines) is 1. The number of ether oxygens (including phenoxy) is 1. The molecule has 16 heteroatoms. The molecule has 13 nitrogen and oxygen atoms in total. The third-order valence-electron chi connectivity index (χ3n) is 12.4. The number of nitrogens with one attached hydrogen (secondary N) is 4. The Kier molecular flexibility index (Phi) is 12.3. The van der Waals surface area contributed by atoms with Crippen LogP contribution in [0.25, 0.3) is 11.3 Å². The van der Waals surface area contributed by atoms with E-state index in [-0.39, 0.29) is 54.5 Å². The number of alkyl halides is 1. The van der Waals surface area contributed by atoms with E-state index in [0.29, 0.717) is 81.4 Å². The number of nitrogens with zero attached hydrogens (tertiary/aromatic N) is 5. The molecule has 2 aromatic carbocycles. The van der Waals surface area contributed by atoms with Gasteiger partial charge in [0.15, 0.2) is 5.82 Å². The molecular formula is C42H52F3N9O4. The van der Waals surface area contributed by atoms with Crippen LogP contribution in [0.1, 0.15) is 57.8 Å². The second-order valence-electron chi connectivity index (χ2n) is 16.2. The number of anilines is 4. The smallest absolute Gasteiger partial charge is 0.249 e. The van der Waals surface area contributed by atoms with Gasteiger partial charge in [0.25, 0.3) is 0 Å². The first-order valence-corrected chi connectivity index (χ1v) is 20.7. The largest absolute Gasteiger partial charge is 0.378 e. The summed E-state index contributed by atoms with van der Waals surface area (Å²) < 4.78 is 51.3. The Morgan fingerprint density at radius 3 is 2.34 bits per heavy atom. The molecule has 58 heavy (non-hydrogen) atoms. The van der Waals surface area contributed by atoms with Crippen LogP contribution in [0.4, 0.5) is 36.2 Å². The minimum absolute atomic E-state index is 0.0551. The molecule has 0 radical (unpaired) electrons. The van der Waals surface area contributed by atoms with Crippen LogP contribution in [0, 0.1) is 17.6 Å². The van der Waals surface area contributed by atoms with Crippen molar-refractivity contribution < 1.29 is 32.3 Å². The van der Waals surface area contributed by atoms with Gasteiger partial charge < -0.3 is 30.5 Å². The zero-order valence-corrected chi connectivity index (χ0v) is 32.6. The molecule has 5 aliphatic rings. The molecule has 8 rings (SSSR count). The maximum Gasteiger partial charge on any atom is 0.249 e. The van der Waals surface area contributed by atoms with Gasteiger partial charge in [0.05, 0.1) is 31.6 Å². The Balaban J connectivity index is 0.763. The van der Waals surface area contributed by atoms with E-state index in [0.717, 1.165) is 44.5 Å². The van der Waals surface area contributed by atoms with Crippen LogP contribution >= 0.6 is 0 Å². The number of halogens is 3. The fourth-order valence-corrected chi connectivity index (χ4v) is 9.10. The molecule has 0 bridgehead atoms. The third-order valence-corrected chi connectivity index (χ3v) is 12.4. The van der Waals surface area contributed by atoms with Crippen molar-refractivity contribution in [3.63, 3.8) is 0 Å². The van der Waals surface area contributed by atoms with Crippen molar-refractivity contribution in [1.29, 1.82) is 0 Å². The van der Waals surface area contributed by atoms with E-state index >= 15 is 8.78 Å². The highest BCUT2D eigenvalue weighted by atomic mass is 19.1. The number of carbonyl (C=O) groups excluding carboxylic acids is 3. The number of amides is 3. The van der Waals surface area contributed by atoms with Crippen LogP contribution in [0.15, 0.2) is 48.7 Å². The number of piperidine rings is 3. The normalized spacial score (nSPS) is 26.2. The van der Waals surface area contributed by atoms with Crippen molar-refractivity contribution in [3.8, 4) is 11.3 Å². The van der Waals surface area contributed by atoms with Crippen molar-refractivity contribution in [2.45, 2.75) is 88.1 Å². The summed E-state index contributed by atoms with van der Waals surface area (Å²) in [5.41, 5.74) is 2.69. The van der Waals surface area contributed by atoms with E-state index in [1.165, 1.54) is 12.3 Å². The molecule has 4 N–H and O–H groups in total. The van der Waals surface area contributed by atoms with Crippen LogP contribution in [0.2, 0.25) is 0 Å². The van der Waals surface area contributed by atoms with Crippen molar-refractivity contribution in [3.05, 3.63) is 60.3 Å². The summed E-state index contributed by atoms with van der Waals surface area (Å²) in [5.74, 6) is -1.42. The van der Waals surface area contributed by atoms with Crippen LogP contribution in [0.3, 0.4) is 0 Å². The second kappa shape index (κ2) is 17.9. The van der Waals surface area contributed by atoms with E-state index < -0.39 is 29.8 Å². The Morgan fingerprint density at radius 1 is 0.828 bits per heavy atom. The van der Waals surface area contributed by atoms with Gasteiger partial charge >= 0.3 is 0 Å². The van der Waals surface area contributed by atoms with Gasteiger partial charge in [-0.05, 0) is 94.8 Å². The Bertz CT molecular complexity index is 1950. The lowest BCUT2D eigenvalue weighted by atomic mass is 9.89. The number of imide groups is 1. The number of carbonyl (C=O) groups is 3. The molecule has 4 aliphatic heterocycles. The Labute approximate surface area is 336 Å². The molecular weight excluding hydrogens is 752 g/mol. The molecule has 0 spiro atoms. The predicted octanol–water partition coefficient (Wildman–Crippen LogP) is 4.64. The van der Waals surface area contributed by atoms with Crippen molar-refractivity contribution >= 4 is 40.7 Å². The van der Waals surface area contributed by atoms with Gasteiger partial charge in [0.2, 0.25) is 23.7 Å². The molecule has 1 aromatic heterocycles. The zero-order chi connectivity index (χ0) is 40.2. The van der Waals surface area contributed by atoms with Crippen LogP contribution < -0.4 is 31.1 Å². The average molecular weight is 804 g/mol. The lowest BCUT2D eigenvalue weighted by Gasteiger charge is -2.44. The first-order chi connectivity index (χ1) is 28.2. The van der Waals surface area contributed by atoms with Crippen LogP contribution in [-0.2, 0) is 19.1 Å². The summed E-state index contributed by atoms with van der Waals surface area (Å²) in [5, 5.41) is 11.9. The number of hydrogen-bond donors (Lipinski definition) is 4. The van der Waals surface area contributed by atoms with Crippen LogP contribution in [-0.4, -0.2) is 115 Å². The van der Waals surface area contributed by atoms with Gasteiger partial charge in [-0.1, -0.05) is 12.1 Å². The van der Waals surface area contributed by atoms with Gasteiger partial charge in [-0.15, -0.1) is 0 Å². The summed E-state index contributed by atoms with van der Waals surface area (Å²) in [6, 6.07) is 11.6. The van der Waals surface area contributed by atoms with E-state index in [1.54, 1.807) is 17.0 Å². The summed E-state index contributed by atoms with van der Waals surface area (Å²) in [7, 11) is 0. The van der Waals surface area contributed by atoms with Gasteiger partial charge in [-0.25, -0.2) is 23.1 Å². The molecule has 4 saturated heterocycles. The molecule has 310 valence electrons. The van der Waals surface area contributed by atoms with Gasteiger partial charge in [0, 0.05) is 67.0 Å². The van der Waals surface area contributed by atoms with Crippen LogP contribution in [0.5, 0.6) is 0 Å². The van der Waals surface area contributed by atoms with Crippen molar-refractivity contribution in [2.24, 2.45) is 5.92 Å². The second-order valence-corrected chi connectivity index (χ2v) is 16.2.